The minimum Gasteiger partial charge on any atom is -0.183 e. The van der Waals surface area contributed by atoms with Gasteiger partial charge in [-0.3, -0.25) is 0 Å². The van der Waals surface area contributed by atoms with Crippen molar-refractivity contribution < 1.29 is 8.39 Å². The number of hydrogen-bond donors (Lipinski definition) is 0. The van der Waals surface area contributed by atoms with Crippen LogP contribution in [0.3, 0.4) is 0 Å². The summed E-state index contributed by atoms with van der Waals surface area (Å²) in [6, 6.07) is 10.7. The Balaban J connectivity index is 2.84. The zero-order valence-electron chi connectivity index (χ0n) is 7.67. The minimum absolute atomic E-state index is 0.190. The lowest BCUT2D eigenvalue weighted by Crippen LogP contribution is -1.99. The summed E-state index contributed by atoms with van der Waals surface area (Å²) in [7, 11) is -3.01. The van der Waals surface area contributed by atoms with E-state index in [0.717, 1.165) is 10.9 Å². The zero-order valence-corrected chi connectivity index (χ0v) is 8.56. The van der Waals surface area contributed by atoms with E-state index in [1.54, 1.807) is 6.07 Å². The molecule has 3 heteroatoms. The van der Waals surface area contributed by atoms with Gasteiger partial charge in [-0.15, -0.1) is 0 Å². The van der Waals surface area contributed by atoms with E-state index in [1.807, 2.05) is 31.2 Å². The summed E-state index contributed by atoms with van der Waals surface area (Å²) in [5.74, 6) is 0. The van der Waals surface area contributed by atoms with Crippen LogP contribution in [0.5, 0.6) is 0 Å². The number of rotatable bonds is 1. The largest absolute Gasteiger partial charge is 0.298 e. The Bertz CT molecular complexity index is 461. The molecule has 0 heterocycles. The van der Waals surface area contributed by atoms with Crippen molar-refractivity contribution in [1.29, 1.82) is 0 Å². The molecule has 14 heavy (non-hydrogen) atoms. The first-order valence-corrected chi connectivity index (χ1v) is 5.42. The van der Waals surface area contributed by atoms with Gasteiger partial charge in [-0.1, -0.05) is 30.3 Å². The van der Waals surface area contributed by atoms with Crippen LogP contribution in [0.15, 0.2) is 36.4 Å². The highest BCUT2D eigenvalue weighted by Gasteiger charge is 2.13. The van der Waals surface area contributed by atoms with Gasteiger partial charge < -0.3 is 0 Å². The summed E-state index contributed by atoms with van der Waals surface area (Å²) in [4.78, 5) is 0. The third kappa shape index (κ3) is 1.51. The molecule has 0 radical (unpaired) electrons. The number of aryl methyl sites for hydroxylation is 1. The first kappa shape index (κ1) is 9.54. The lowest BCUT2D eigenvalue weighted by Gasteiger charge is -2.06. The topological polar surface area (TPSA) is 0 Å². The van der Waals surface area contributed by atoms with E-state index >= 15 is 0 Å². The van der Waals surface area contributed by atoms with E-state index in [2.05, 4.69) is 0 Å². The molecule has 0 N–H and O–H groups in total. The molecule has 0 aliphatic rings. The summed E-state index contributed by atoms with van der Waals surface area (Å²) in [6.45, 7) is 1.87. The average Bonchev–Trinajstić information content (AvgIpc) is 2.17. The summed E-state index contributed by atoms with van der Waals surface area (Å²) in [5, 5.41) is 1.80. The highest BCUT2D eigenvalue weighted by Crippen LogP contribution is 2.40. The monoisotopic (exact) mass is 210 g/mol. The molecule has 0 atom stereocenters. The van der Waals surface area contributed by atoms with Gasteiger partial charge in [-0.2, -0.15) is 8.39 Å². The molecule has 0 aromatic heterocycles. The summed E-state index contributed by atoms with van der Waals surface area (Å²) >= 11 is 0. The molecule has 0 amide bonds. The molecule has 0 saturated heterocycles. The van der Waals surface area contributed by atoms with Gasteiger partial charge in [0.1, 0.15) is 0 Å². The SMILES string of the molecule is Cc1cccc2cccc(P(F)F)c12. The standard InChI is InChI=1S/C11H9F2P/c1-8-4-2-5-9-6-3-7-10(11(8)9)14(12)13/h2-7H,1H3. The molecule has 0 unspecified atom stereocenters. The average molecular weight is 210 g/mol. The smallest absolute Gasteiger partial charge is 0.183 e. The Morgan fingerprint density at radius 3 is 2.29 bits per heavy atom. The van der Waals surface area contributed by atoms with Gasteiger partial charge in [0.05, 0.1) is 0 Å². The van der Waals surface area contributed by atoms with Crippen LogP contribution in [0, 0.1) is 6.92 Å². The molecule has 0 aliphatic heterocycles. The molecular weight excluding hydrogens is 201 g/mol. The Morgan fingerprint density at radius 2 is 1.64 bits per heavy atom. The van der Waals surface area contributed by atoms with Crippen LogP contribution < -0.4 is 5.30 Å². The molecular formula is C11H9F2P. The van der Waals surface area contributed by atoms with Crippen LogP contribution in [0.2, 0.25) is 0 Å². The van der Waals surface area contributed by atoms with Crippen LogP contribution in [-0.4, -0.2) is 0 Å². The van der Waals surface area contributed by atoms with Gasteiger partial charge in [0.15, 0.2) is 0 Å². The van der Waals surface area contributed by atoms with E-state index in [1.165, 1.54) is 6.07 Å². The van der Waals surface area contributed by atoms with Crippen molar-refractivity contribution in [2.45, 2.75) is 6.92 Å². The fourth-order valence-corrected chi connectivity index (χ4v) is 2.32. The number of fused-ring (bicyclic) bond motifs is 1. The molecule has 0 aliphatic carbocycles. The van der Waals surface area contributed by atoms with E-state index in [-0.39, 0.29) is 5.30 Å². The summed E-state index contributed by atoms with van der Waals surface area (Å²) in [6.07, 6.45) is 0. The first-order valence-electron chi connectivity index (χ1n) is 4.30. The Labute approximate surface area is 82.6 Å². The second-order valence-electron chi connectivity index (χ2n) is 3.18. The third-order valence-corrected chi connectivity index (χ3v) is 3.01. The van der Waals surface area contributed by atoms with Crippen molar-refractivity contribution in [2.24, 2.45) is 0 Å². The van der Waals surface area contributed by atoms with Gasteiger partial charge in [0, 0.05) is 5.30 Å². The number of benzene rings is 2. The van der Waals surface area contributed by atoms with Crippen molar-refractivity contribution in [3.63, 3.8) is 0 Å². The minimum atomic E-state index is -3.01. The van der Waals surface area contributed by atoms with Gasteiger partial charge in [-0.25, -0.2) is 0 Å². The molecule has 0 fully saturated rings. The first-order chi connectivity index (χ1) is 6.70. The van der Waals surface area contributed by atoms with Crippen LogP contribution in [0.25, 0.3) is 10.8 Å². The molecule has 2 aromatic carbocycles. The van der Waals surface area contributed by atoms with Gasteiger partial charge in [0.25, 0.3) is 8.54 Å². The van der Waals surface area contributed by atoms with Crippen LogP contribution in [0.1, 0.15) is 5.56 Å². The van der Waals surface area contributed by atoms with Gasteiger partial charge >= 0.3 is 0 Å². The third-order valence-electron chi connectivity index (χ3n) is 2.27. The molecule has 2 aromatic rings. The quantitative estimate of drug-likeness (QED) is 0.623. The maximum Gasteiger partial charge on any atom is 0.298 e. The lowest BCUT2D eigenvalue weighted by atomic mass is 10.1. The Kier molecular flexibility index (Phi) is 2.47. The fourth-order valence-electron chi connectivity index (χ4n) is 1.65. The molecule has 0 spiro atoms. The van der Waals surface area contributed by atoms with Crippen molar-refractivity contribution in [3.05, 3.63) is 42.0 Å². The maximum atomic E-state index is 12.7. The van der Waals surface area contributed by atoms with Crippen LogP contribution in [0.4, 0.5) is 8.39 Å². The number of halogens is 2. The van der Waals surface area contributed by atoms with E-state index in [9.17, 15) is 8.39 Å². The zero-order chi connectivity index (χ0) is 10.1. The predicted octanol–water partition coefficient (Wildman–Crippen LogP) is 4.02. The van der Waals surface area contributed by atoms with E-state index in [4.69, 9.17) is 0 Å². The highest BCUT2D eigenvalue weighted by molar-refractivity contribution is 7.55. The van der Waals surface area contributed by atoms with Gasteiger partial charge in [-0.05, 0) is 29.3 Å². The molecule has 0 nitrogen and oxygen atoms in total. The van der Waals surface area contributed by atoms with E-state index < -0.39 is 8.54 Å². The fraction of sp³-hybridized carbons (Fsp3) is 0.0909. The second-order valence-corrected chi connectivity index (χ2v) is 4.13. The molecule has 2 rings (SSSR count). The van der Waals surface area contributed by atoms with Crippen molar-refractivity contribution in [2.75, 3.05) is 0 Å². The lowest BCUT2D eigenvalue weighted by molar-refractivity contribution is 0.764. The normalized spacial score (nSPS) is 11.1. The second kappa shape index (κ2) is 3.62. The van der Waals surface area contributed by atoms with Crippen molar-refractivity contribution in [3.8, 4) is 0 Å². The Hall–Kier alpha value is -1.01. The number of hydrogen-bond acceptors (Lipinski definition) is 0. The van der Waals surface area contributed by atoms with Crippen molar-refractivity contribution >= 4 is 24.6 Å². The maximum absolute atomic E-state index is 12.7. The summed E-state index contributed by atoms with van der Waals surface area (Å²) in [5.41, 5.74) is 0.918. The molecule has 72 valence electrons. The van der Waals surface area contributed by atoms with Crippen LogP contribution in [-0.2, 0) is 0 Å². The highest BCUT2D eigenvalue weighted by atomic mass is 31.2. The van der Waals surface area contributed by atoms with Crippen molar-refractivity contribution in [1.82, 2.24) is 0 Å². The summed E-state index contributed by atoms with van der Waals surface area (Å²) < 4.78 is 25.5. The van der Waals surface area contributed by atoms with Gasteiger partial charge in [0.2, 0.25) is 0 Å². The Morgan fingerprint density at radius 1 is 1.00 bits per heavy atom. The van der Waals surface area contributed by atoms with E-state index in [0.29, 0.717) is 5.39 Å². The predicted molar refractivity (Wildman–Crippen MR) is 57.5 cm³/mol. The van der Waals surface area contributed by atoms with Crippen LogP contribution >= 0.6 is 8.54 Å². The molecule has 0 bridgehead atoms. The molecule has 0 saturated carbocycles.